The number of fused-ring (bicyclic) bond motifs is 1. The third-order valence-electron chi connectivity index (χ3n) is 2.66. The van der Waals surface area contributed by atoms with Gasteiger partial charge in [0.05, 0.1) is 19.0 Å². The molecule has 0 aliphatic carbocycles. The van der Waals surface area contributed by atoms with Gasteiger partial charge < -0.3 is 21.6 Å². The zero-order valence-corrected chi connectivity index (χ0v) is 15.0. The summed E-state index contributed by atoms with van der Waals surface area (Å²) >= 11 is 0. The van der Waals surface area contributed by atoms with E-state index >= 15 is 0 Å². The van der Waals surface area contributed by atoms with Crippen LogP contribution in [0.4, 0.5) is 0 Å². The predicted molar refractivity (Wildman–Crippen MR) is 67.5 cm³/mol. The summed E-state index contributed by atoms with van der Waals surface area (Å²) in [6.07, 6.45) is 1.45. The van der Waals surface area contributed by atoms with Crippen LogP contribution in [-0.4, -0.2) is 58.5 Å². The van der Waals surface area contributed by atoms with Gasteiger partial charge in [0, 0.05) is 0 Å². The minimum Gasteiger partial charge on any atom is -1.00 e. The summed E-state index contributed by atoms with van der Waals surface area (Å²) in [4.78, 5) is 49.4. The summed E-state index contributed by atoms with van der Waals surface area (Å²) in [7, 11) is 0. The summed E-state index contributed by atoms with van der Waals surface area (Å²) in [6.45, 7) is 0. The molecule has 23 heavy (non-hydrogen) atoms. The molecule has 2 aromatic heterocycles. The largest absolute Gasteiger partial charge is 1.00 e. The van der Waals surface area contributed by atoms with E-state index in [1.807, 2.05) is 0 Å². The number of carbonyl (C=O) groups excluding carboxylic acids is 1. The molecule has 2 heterocycles. The van der Waals surface area contributed by atoms with Crippen molar-refractivity contribution in [3.8, 4) is 0 Å². The van der Waals surface area contributed by atoms with Gasteiger partial charge >= 0.3 is 69.3 Å². The molecule has 0 aromatic carbocycles. The Bertz CT molecular complexity index is 755. The first kappa shape index (κ1) is 19.6. The van der Waals surface area contributed by atoms with Gasteiger partial charge in [-0.15, -0.1) is 4.73 Å². The number of carboxylic acids is 2. The van der Waals surface area contributed by atoms with Gasteiger partial charge in [-0.3, -0.25) is 4.79 Å². The minimum absolute atomic E-state index is 0. The molecule has 0 amide bonds. The summed E-state index contributed by atoms with van der Waals surface area (Å²) in [5, 5.41) is 27.2. The molecule has 11 nitrogen and oxygen atoms in total. The number of hydrogen-bond acceptors (Lipinski definition) is 8. The van der Waals surface area contributed by atoms with Gasteiger partial charge in [-0.1, -0.05) is 0 Å². The second-order valence-corrected chi connectivity index (χ2v) is 4.35. The smallest absolute Gasteiger partial charge is 1.00 e. The summed E-state index contributed by atoms with van der Waals surface area (Å²) in [5.74, 6) is -4.58. The van der Waals surface area contributed by atoms with E-state index in [0.29, 0.717) is 5.52 Å². The molecule has 0 saturated carbocycles. The number of nitrogens with zero attached hydrogens (tertiary/aromatic N) is 4. The van der Waals surface area contributed by atoms with E-state index in [-0.39, 0.29) is 58.5 Å². The Morgan fingerprint density at radius 2 is 1.96 bits per heavy atom. The third-order valence-corrected chi connectivity index (χ3v) is 2.66. The van der Waals surface area contributed by atoms with Crippen LogP contribution in [-0.2, 0) is 14.4 Å². The second kappa shape index (κ2) is 7.89. The average Bonchev–Trinajstić information content (AvgIpc) is 2.81. The fraction of sp³-hybridized carbons (Fsp3) is 0.273. The Balaban J connectivity index is 0.00000264. The topological polar surface area (TPSA) is 165 Å². The zero-order chi connectivity index (χ0) is 16.3. The van der Waals surface area contributed by atoms with Crippen LogP contribution in [0.3, 0.4) is 0 Å². The van der Waals surface area contributed by atoms with Crippen molar-refractivity contribution in [1.82, 2.24) is 19.7 Å². The SMILES string of the molecule is O=C(O)CC(O)(CC(=O)On1cnc2cncnc21)C(=O)O.[H-].[K+]. The van der Waals surface area contributed by atoms with Gasteiger partial charge in [0.2, 0.25) is 0 Å². The van der Waals surface area contributed by atoms with Crippen LogP contribution < -0.4 is 56.2 Å². The molecule has 1 unspecified atom stereocenters. The Kier molecular flexibility index (Phi) is 6.73. The molecular formula is C11H11KN4O7. The van der Waals surface area contributed by atoms with Crippen molar-refractivity contribution >= 4 is 29.1 Å². The van der Waals surface area contributed by atoms with Gasteiger partial charge in [0.25, 0.3) is 0 Å². The van der Waals surface area contributed by atoms with Crippen molar-refractivity contribution in [3.05, 3.63) is 18.9 Å². The molecule has 3 N–H and O–H groups in total. The van der Waals surface area contributed by atoms with Gasteiger partial charge in [0.15, 0.2) is 11.2 Å². The first-order valence-electron chi connectivity index (χ1n) is 5.83. The monoisotopic (exact) mass is 350 g/mol. The maximum atomic E-state index is 11.7. The minimum atomic E-state index is -2.77. The van der Waals surface area contributed by atoms with Crippen LogP contribution in [0.5, 0.6) is 0 Å². The molecule has 1 atom stereocenters. The van der Waals surface area contributed by atoms with Crippen molar-refractivity contribution < 1.29 is 87.4 Å². The molecule has 0 aliphatic heterocycles. The molecule has 0 spiro atoms. The Morgan fingerprint density at radius 3 is 2.57 bits per heavy atom. The summed E-state index contributed by atoms with van der Waals surface area (Å²) in [5.41, 5.74) is -2.29. The fourth-order valence-electron chi connectivity index (χ4n) is 1.66. The standard InChI is InChI=1S/C11H10N4O7.K.H/c16-7(17)1-11(21,10(19)20)2-8(18)22-15-5-14-6-3-12-4-13-9(6)15;;/h3-5,21H,1-2H2,(H,16,17)(H,19,20);;/q;+1;-1. The van der Waals surface area contributed by atoms with Crippen LogP contribution in [0.15, 0.2) is 18.9 Å². The van der Waals surface area contributed by atoms with E-state index in [2.05, 4.69) is 15.0 Å². The quantitative estimate of drug-likeness (QED) is 0.433. The molecule has 0 bridgehead atoms. The van der Waals surface area contributed by atoms with E-state index in [1.165, 1.54) is 12.5 Å². The normalized spacial score (nSPS) is 12.9. The van der Waals surface area contributed by atoms with E-state index in [4.69, 9.17) is 15.1 Å². The number of carbonyl (C=O) groups is 3. The zero-order valence-electron chi connectivity index (χ0n) is 12.9. The number of aromatic nitrogens is 4. The first-order chi connectivity index (χ1) is 10.3. The summed E-state index contributed by atoms with van der Waals surface area (Å²) in [6, 6.07) is 0. The molecule has 0 aliphatic rings. The number of hydrogen-bond donors (Lipinski definition) is 3. The van der Waals surface area contributed by atoms with Crippen molar-refractivity contribution in [2.45, 2.75) is 18.4 Å². The van der Waals surface area contributed by atoms with Crippen LogP contribution in [0, 0.1) is 0 Å². The Labute approximate surface area is 172 Å². The van der Waals surface area contributed by atoms with Crippen molar-refractivity contribution in [3.63, 3.8) is 0 Å². The second-order valence-electron chi connectivity index (χ2n) is 4.35. The average molecular weight is 350 g/mol. The first-order valence-corrected chi connectivity index (χ1v) is 5.83. The number of imidazole rings is 1. The van der Waals surface area contributed by atoms with E-state index in [0.717, 1.165) is 11.1 Å². The van der Waals surface area contributed by atoms with Gasteiger partial charge in [-0.25, -0.2) is 24.5 Å². The maximum Gasteiger partial charge on any atom is 1.00 e. The van der Waals surface area contributed by atoms with Crippen LogP contribution in [0.1, 0.15) is 14.3 Å². The van der Waals surface area contributed by atoms with E-state index < -0.39 is 36.4 Å². The van der Waals surface area contributed by atoms with Crippen LogP contribution >= 0.6 is 0 Å². The van der Waals surface area contributed by atoms with Crippen molar-refractivity contribution in [1.29, 1.82) is 0 Å². The fourth-order valence-corrected chi connectivity index (χ4v) is 1.66. The molecule has 0 fully saturated rings. The molecule has 12 heteroatoms. The maximum absolute atomic E-state index is 11.7. The Morgan fingerprint density at radius 1 is 1.26 bits per heavy atom. The van der Waals surface area contributed by atoms with Crippen LogP contribution in [0.25, 0.3) is 11.2 Å². The van der Waals surface area contributed by atoms with E-state index in [1.54, 1.807) is 0 Å². The van der Waals surface area contributed by atoms with Crippen LogP contribution in [0.2, 0.25) is 0 Å². The third kappa shape index (κ3) is 4.76. The number of rotatable bonds is 6. The molecule has 0 saturated heterocycles. The molecule has 2 aromatic rings. The van der Waals surface area contributed by atoms with E-state index in [9.17, 15) is 19.5 Å². The van der Waals surface area contributed by atoms with Gasteiger partial charge in [-0.2, -0.15) is 0 Å². The number of carboxylic acid groups (broad SMARTS) is 2. The van der Waals surface area contributed by atoms with Gasteiger partial charge in [-0.05, 0) is 0 Å². The Hall–Kier alpha value is -1.44. The predicted octanol–water partition coefficient (Wildman–Crippen LogP) is -4.42. The molecule has 0 radical (unpaired) electrons. The number of aliphatic hydroxyl groups is 1. The summed E-state index contributed by atoms with van der Waals surface area (Å²) < 4.78 is 0.863. The van der Waals surface area contributed by atoms with Crippen molar-refractivity contribution in [2.75, 3.05) is 0 Å². The van der Waals surface area contributed by atoms with Crippen molar-refractivity contribution in [2.24, 2.45) is 0 Å². The molecule has 2 rings (SSSR count). The van der Waals surface area contributed by atoms with Gasteiger partial charge in [0.1, 0.15) is 18.2 Å². The number of aliphatic carboxylic acids is 2. The molecule has 118 valence electrons. The molecular weight excluding hydrogens is 339 g/mol.